The van der Waals surface area contributed by atoms with Crippen molar-refractivity contribution in [1.82, 2.24) is 14.3 Å². The number of thioether (sulfide) groups is 1. The molecule has 1 aliphatic rings. The number of aryl methyl sites for hydroxylation is 1. The number of hydrogen-bond donors (Lipinski definition) is 1. The number of benzene rings is 1. The molecule has 0 saturated heterocycles. The lowest BCUT2D eigenvalue weighted by atomic mass is 10.1. The highest BCUT2D eigenvalue weighted by Gasteiger charge is 2.21. The van der Waals surface area contributed by atoms with Gasteiger partial charge in [-0.1, -0.05) is 0 Å². The Balaban J connectivity index is 1.79. The van der Waals surface area contributed by atoms with Gasteiger partial charge in [0.2, 0.25) is 10.0 Å². The Morgan fingerprint density at radius 3 is 2.62 bits per heavy atom. The molecule has 0 amide bonds. The van der Waals surface area contributed by atoms with Gasteiger partial charge in [-0.25, -0.2) is 17.7 Å². The summed E-state index contributed by atoms with van der Waals surface area (Å²) in [6.07, 6.45) is 2.00. The molecule has 4 rings (SSSR count). The molecule has 9 heteroatoms. The lowest BCUT2D eigenvalue weighted by Crippen LogP contribution is -2.22. The molecule has 26 heavy (non-hydrogen) atoms. The maximum Gasteiger partial charge on any atom is 0.260 e. The zero-order valence-corrected chi connectivity index (χ0v) is 16.7. The lowest BCUT2D eigenvalue weighted by Gasteiger charge is -2.11. The van der Waals surface area contributed by atoms with Gasteiger partial charge in [0, 0.05) is 19.7 Å². The predicted octanol–water partition coefficient (Wildman–Crippen LogP) is 2.94. The summed E-state index contributed by atoms with van der Waals surface area (Å²) in [5, 5.41) is 0.702. The molecule has 1 N–H and O–H groups in total. The Morgan fingerprint density at radius 2 is 1.92 bits per heavy atom. The third-order valence-electron chi connectivity index (χ3n) is 4.33. The summed E-state index contributed by atoms with van der Waals surface area (Å²) < 4.78 is 26.7. The Labute approximate surface area is 159 Å². The Bertz CT molecular complexity index is 1150. The van der Waals surface area contributed by atoms with Crippen molar-refractivity contribution in [1.29, 1.82) is 0 Å². The molecule has 0 saturated carbocycles. The minimum atomic E-state index is -3.48. The number of hydrogen-bond acceptors (Lipinski definition) is 6. The van der Waals surface area contributed by atoms with Crippen molar-refractivity contribution in [3.05, 3.63) is 40.2 Å². The molecular weight excluding hydrogens is 390 g/mol. The minimum absolute atomic E-state index is 0.130. The van der Waals surface area contributed by atoms with Crippen molar-refractivity contribution >= 4 is 43.3 Å². The van der Waals surface area contributed by atoms with Gasteiger partial charge >= 0.3 is 0 Å². The fourth-order valence-electron chi connectivity index (χ4n) is 2.93. The van der Waals surface area contributed by atoms with Crippen LogP contribution in [0.2, 0.25) is 0 Å². The summed E-state index contributed by atoms with van der Waals surface area (Å²) >= 11 is 3.35. The highest BCUT2D eigenvalue weighted by molar-refractivity contribution is 8.01. The second kappa shape index (κ2) is 6.49. The number of fused-ring (bicyclic) bond motifs is 3. The van der Waals surface area contributed by atoms with Crippen LogP contribution in [0.25, 0.3) is 21.6 Å². The van der Waals surface area contributed by atoms with Crippen LogP contribution in [-0.4, -0.2) is 42.5 Å². The maximum atomic E-state index is 12.6. The van der Waals surface area contributed by atoms with Crippen molar-refractivity contribution in [2.24, 2.45) is 0 Å². The first-order valence-corrected chi connectivity index (χ1v) is 11.3. The largest absolute Gasteiger partial charge is 0.306 e. The van der Waals surface area contributed by atoms with Gasteiger partial charge < -0.3 is 4.98 Å². The van der Waals surface area contributed by atoms with Crippen LogP contribution in [0.1, 0.15) is 12.0 Å². The minimum Gasteiger partial charge on any atom is -0.306 e. The number of thiophene rings is 1. The van der Waals surface area contributed by atoms with Crippen LogP contribution in [0.4, 0.5) is 0 Å². The van der Waals surface area contributed by atoms with E-state index in [1.165, 1.54) is 34.7 Å². The molecule has 0 unspecified atom stereocenters. The van der Waals surface area contributed by atoms with Crippen LogP contribution in [0.3, 0.4) is 0 Å². The molecule has 0 aliphatic carbocycles. The first kappa shape index (κ1) is 17.7. The molecule has 1 aliphatic heterocycles. The summed E-state index contributed by atoms with van der Waals surface area (Å²) in [6.45, 7) is 0. The van der Waals surface area contributed by atoms with E-state index in [0.29, 0.717) is 16.8 Å². The van der Waals surface area contributed by atoms with Crippen LogP contribution in [0.5, 0.6) is 0 Å². The molecule has 2 aromatic heterocycles. The van der Waals surface area contributed by atoms with Crippen LogP contribution in [-0.2, 0) is 16.4 Å². The molecule has 0 radical (unpaired) electrons. The smallest absolute Gasteiger partial charge is 0.260 e. The van der Waals surface area contributed by atoms with E-state index >= 15 is 0 Å². The number of H-pyrrole nitrogens is 1. The van der Waals surface area contributed by atoms with E-state index in [-0.39, 0.29) is 10.5 Å². The number of nitrogens with zero attached hydrogens (tertiary/aromatic N) is 2. The number of aromatic nitrogens is 2. The van der Waals surface area contributed by atoms with Gasteiger partial charge in [0.05, 0.1) is 14.5 Å². The number of sulfonamides is 1. The number of aromatic amines is 1. The van der Waals surface area contributed by atoms with Crippen molar-refractivity contribution in [2.75, 3.05) is 19.8 Å². The van der Waals surface area contributed by atoms with E-state index in [9.17, 15) is 13.2 Å². The summed E-state index contributed by atoms with van der Waals surface area (Å²) in [4.78, 5) is 21.1. The van der Waals surface area contributed by atoms with E-state index in [1.54, 1.807) is 35.2 Å². The third-order valence-corrected chi connectivity index (χ3v) is 8.69. The fourth-order valence-corrected chi connectivity index (χ4v) is 6.37. The molecule has 3 heterocycles. The normalized spacial score (nSPS) is 14.7. The highest BCUT2D eigenvalue weighted by atomic mass is 32.2. The van der Waals surface area contributed by atoms with Crippen molar-refractivity contribution in [2.45, 2.75) is 21.9 Å². The quantitative estimate of drug-likeness (QED) is 0.722. The van der Waals surface area contributed by atoms with Crippen LogP contribution in [0.15, 0.2) is 38.2 Å². The average Bonchev–Trinajstić information content (AvgIpc) is 3.00. The molecule has 3 aromatic rings. The summed E-state index contributed by atoms with van der Waals surface area (Å²) in [5.41, 5.74) is 1.67. The first-order valence-electron chi connectivity index (χ1n) is 8.09. The first-order chi connectivity index (χ1) is 12.4. The number of nitrogens with one attached hydrogen (secondary N) is 1. The monoisotopic (exact) mass is 407 g/mol. The maximum absolute atomic E-state index is 12.6. The van der Waals surface area contributed by atoms with Crippen molar-refractivity contribution in [3.63, 3.8) is 0 Å². The van der Waals surface area contributed by atoms with E-state index < -0.39 is 10.0 Å². The van der Waals surface area contributed by atoms with E-state index in [0.717, 1.165) is 29.0 Å². The van der Waals surface area contributed by atoms with Crippen LogP contribution >= 0.6 is 23.1 Å². The second-order valence-corrected chi connectivity index (χ2v) is 10.7. The second-order valence-electron chi connectivity index (χ2n) is 6.23. The topological polar surface area (TPSA) is 83.1 Å². The van der Waals surface area contributed by atoms with E-state index in [2.05, 4.69) is 9.97 Å². The summed E-state index contributed by atoms with van der Waals surface area (Å²) in [6, 6.07) is 6.40. The van der Waals surface area contributed by atoms with Gasteiger partial charge in [0.15, 0.2) is 0 Å². The fraction of sp³-hybridized carbons (Fsp3) is 0.294. The SMILES string of the molecule is CN(C)S(=O)(=O)c1ccc(-c2nc3sc4c(c3c(=O)[nH]2)CCCS4)cc1. The van der Waals surface area contributed by atoms with Gasteiger partial charge in [-0.2, -0.15) is 0 Å². The molecule has 0 atom stereocenters. The van der Waals surface area contributed by atoms with E-state index in [1.807, 2.05) is 0 Å². The lowest BCUT2D eigenvalue weighted by molar-refractivity contribution is 0.521. The zero-order valence-electron chi connectivity index (χ0n) is 14.3. The molecule has 1 aromatic carbocycles. The van der Waals surface area contributed by atoms with Gasteiger partial charge in [-0.15, -0.1) is 23.1 Å². The third kappa shape index (κ3) is 2.88. The molecule has 0 bridgehead atoms. The summed E-state index contributed by atoms with van der Waals surface area (Å²) in [7, 11) is -0.495. The standard InChI is InChI=1S/C17H17N3O3S3/c1-20(2)26(22,23)11-7-5-10(6-8-11)14-18-15(21)13-12-4-3-9-24-17(12)25-16(13)19-14/h5-8H,3-4,9H2,1-2H3,(H,18,19,21). The van der Waals surface area contributed by atoms with Crippen LogP contribution < -0.4 is 5.56 Å². The van der Waals surface area contributed by atoms with Crippen LogP contribution in [0, 0.1) is 0 Å². The Kier molecular flexibility index (Phi) is 4.42. The van der Waals surface area contributed by atoms with Gasteiger partial charge in [0.25, 0.3) is 5.56 Å². The molecule has 6 nitrogen and oxygen atoms in total. The van der Waals surface area contributed by atoms with Gasteiger partial charge in [0.1, 0.15) is 10.7 Å². The molecular formula is C17H17N3O3S3. The van der Waals surface area contributed by atoms with Gasteiger partial charge in [-0.05, 0) is 48.4 Å². The predicted molar refractivity (Wildman–Crippen MR) is 106 cm³/mol. The molecule has 0 fully saturated rings. The van der Waals surface area contributed by atoms with Crippen molar-refractivity contribution < 1.29 is 8.42 Å². The van der Waals surface area contributed by atoms with E-state index in [4.69, 9.17) is 0 Å². The zero-order chi connectivity index (χ0) is 18.5. The molecule has 136 valence electrons. The highest BCUT2D eigenvalue weighted by Crippen LogP contribution is 2.40. The Hall–Kier alpha value is -1.68. The van der Waals surface area contributed by atoms with Gasteiger partial charge in [-0.3, -0.25) is 4.79 Å². The summed E-state index contributed by atoms with van der Waals surface area (Å²) in [5.74, 6) is 1.53. The van der Waals surface area contributed by atoms with Crippen molar-refractivity contribution in [3.8, 4) is 11.4 Å². The molecule has 0 spiro atoms. The Morgan fingerprint density at radius 1 is 1.19 bits per heavy atom. The number of rotatable bonds is 3. The average molecular weight is 408 g/mol.